The fraction of sp³-hybridized carbons (Fsp3) is 0.188. The van der Waals surface area contributed by atoms with Gasteiger partial charge < -0.3 is 4.74 Å². The van der Waals surface area contributed by atoms with Gasteiger partial charge in [-0.2, -0.15) is 5.10 Å². The quantitative estimate of drug-likeness (QED) is 0.740. The maximum atomic E-state index is 5.17. The molecule has 0 aliphatic carbocycles. The highest BCUT2D eigenvalue weighted by Crippen LogP contribution is 2.22. The average molecular weight is 280 g/mol. The minimum Gasteiger partial charge on any atom is -0.497 e. The van der Waals surface area contributed by atoms with Crippen molar-refractivity contribution in [3.05, 3.63) is 54.2 Å². The van der Waals surface area contributed by atoms with Crippen LogP contribution in [0.3, 0.4) is 0 Å². The molecule has 0 aliphatic heterocycles. The van der Waals surface area contributed by atoms with Crippen molar-refractivity contribution in [2.24, 2.45) is 0 Å². The van der Waals surface area contributed by atoms with Crippen LogP contribution in [0, 0.1) is 13.8 Å². The van der Waals surface area contributed by atoms with Crippen molar-refractivity contribution in [3.63, 3.8) is 0 Å². The molecule has 0 saturated heterocycles. The fourth-order valence-corrected chi connectivity index (χ4v) is 2.18. The summed E-state index contributed by atoms with van der Waals surface area (Å²) in [6.07, 6.45) is 3.75. The molecule has 5 nitrogen and oxygen atoms in total. The van der Waals surface area contributed by atoms with Crippen molar-refractivity contribution < 1.29 is 4.74 Å². The zero-order valence-corrected chi connectivity index (χ0v) is 12.2. The normalized spacial score (nSPS) is 10.6. The topological polar surface area (TPSA) is 52.8 Å². The second kappa shape index (κ2) is 5.36. The van der Waals surface area contributed by atoms with Crippen molar-refractivity contribution in [2.75, 3.05) is 7.11 Å². The average Bonchev–Trinajstić information content (AvgIpc) is 2.89. The van der Waals surface area contributed by atoms with Gasteiger partial charge in [-0.1, -0.05) is 0 Å². The Kier molecular flexibility index (Phi) is 3.39. The lowest BCUT2D eigenvalue weighted by atomic mass is 10.2. The Morgan fingerprint density at radius 2 is 1.81 bits per heavy atom. The highest BCUT2D eigenvalue weighted by Gasteiger charge is 2.10. The number of aryl methyl sites for hydroxylation is 2. The van der Waals surface area contributed by atoms with Crippen LogP contribution in [0.4, 0.5) is 0 Å². The lowest BCUT2D eigenvalue weighted by Gasteiger charge is -2.03. The first-order chi connectivity index (χ1) is 10.2. The van der Waals surface area contributed by atoms with E-state index >= 15 is 0 Å². The summed E-state index contributed by atoms with van der Waals surface area (Å²) in [6, 6.07) is 9.68. The van der Waals surface area contributed by atoms with E-state index in [1.807, 2.05) is 55.1 Å². The third-order valence-corrected chi connectivity index (χ3v) is 3.29. The zero-order chi connectivity index (χ0) is 14.8. The zero-order valence-electron chi connectivity index (χ0n) is 12.2. The molecule has 0 unspecified atom stereocenters. The standard InChI is InChI=1S/C16H16N4O/c1-11-15(16-8-9-17-12(2)18-16)10-20(19-11)13-4-6-14(21-3)7-5-13/h4-10H,1-3H3. The van der Waals surface area contributed by atoms with Crippen LogP contribution in [0.1, 0.15) is 11.5 Å². The van der Waals surface area contributed by atoms with Gasteiger partial charge in [-0.15, -0.1) is 0 Å². The van der Waals surface area contributed by atoms with E-state index in [4.69, 9.17) is 4.74 Å². The maximum Gasteiger partial charge on any atom is 0.125 e. The monoisotopic (exact) mass is 280 g/mol. The Bertz CT molecular complexity index is 762. The lowest BCUT2D eigenvalue weighted by Crippen LogP contribution is -1.94. The third kappa shape index (κ3) is 2.63. The van der Waals surface area contributed by atoms with Gasteiger partial charge in [0.2, 0.25) is 0 Å². The molecule has 0 spiro atoms. The Labute approximate surface area is 123 Å². The molecule has 1 aromatic carbocycles. The third-order valence-electron chi connectivity index (χ3n) is 3.29. The number of ether oxygens (including phenoxy) is 1. The first kappa shape index (κ1) is 13.3. The SMILES string of the molecule is COc1ccc(-n2cc(-c3ccnc(C)n3)c(C)n2)cc1. The number of benzene rings is 1. The van der Waals surface area contributed by atoms with Crippen LogP contribution in [-0.2, 0) is 0 Å². The van der Waals surface area contributed by atoms with Crippen LogP contribution in [0.2, 0.25) is 0 Å². The van der Waals surface area contributed by atoms with Crippen molar-refractivity contribution >= 4 is 0 Å². The Morgan fingerprint density at radius 3 is 2.48 bits per heavy atom. The van der Waals surface area contributed by atoms with Crippen LogP contribution in [0.25, 0.3) is 16.9 Å². The van der Waals surface area contributed by atoms with Gasteiger partial charge in [-0.05, 0) is 44.2 Å². The smallest absolute Gasteiger partial charge is 0.125 e. The first-order valence-corrected chi connectivity index (χ1v) is 6.68. The Balaban J connectivity index is 2.00. The molecule has 21 heavy (non-hydrogen) atoms. The van der Waals surface area contributed by atoms with Gasteiger partial charge >= 0.3 is 0 Å². The molecule has 2 heterocycles. The molecule has 3 aromatic rings. The summed E-state index contributed by atoms with van der Waals surface area (Å²) in [5, 5.41) is 4.56. The van der Waals surface area contributed by atoms with E-state index in [2.05, 4.69) is 15.1 Å². The van der Waals surface area contributed by atoms with Gasteiger partial charge in [0.25, 0.3) is 0 Å². The van der Waals surface area contributed by atoms with Crippen LogP contribution in [0.5, 0.6) is 5.75 Å². The molecular weight excluding hydrogens is 264 g/mol. The molecule has 0 N–H and O–H groups in total. The van der Waals surface area contributed by atoms with Gasteiger partial charge in [0, 0.05) is 18.0 Å². The predicted molar refractivity (Wildman–Crippen MR) is 80.6 cm³/mol. The summed E-state index contributed by atoms with van der Waals surface area (Å²) in [5.74, 6) is 1.58. The number of hydrogen-bond donors (Lipinski definition) is 0. The number of methoxy groups -OCH3 is 1. The van der Waals surface area contributed by atoms with Crippen LogP contribution in [-0.4, -0.2) is 26.9 Å². The molecule has 0 amide bonds. The van der Waals surface area contributed by atoms with Crippen molar-refractivity contribution in [2.45, 2.75) is 13.8 Å². The second-order valence-electron chi connectivity index (χ2n) is 4.76. The van der Waals surface area contributed by atoms with E-state index < -0.39 is 0 Å². The summed E-state index contributed by atoms with van der Waals surface area (Å²) in [5.41, 5.74) is 3.82. The predicted octanol–water partition coefficient (Wildman–Crippen LogP) is 2.95. The van der Waals surface area contributed by atoms with E-state index in [0.29, 0.717) is 0 Å². The van der Waals surface area contributed by atoms with Gasteiger partial charge in [-0.25, -0.2) is 14.6 Å². The lowest BCUT2D eigenvalue weighted by molar-refractivity contribution is 0.414. The Morgan fingerprint density at radius 1 is 1.05 bits per heavy atom. The molecule has 0 radical (unpaired) electrons. The molecule has 5 heteroatoms. The van der Waals surface area contributed by atoms with E-state index in [-0.39, 0.29) is 0 Å². The Hall–Kier alpha value is -2.69. The molecule has 0 atom stereocenters. The molecule has 3 rings (SSSR count). The number of aromatic nitrogens is 4. The van der Waals surface area contributed by atoms with Crippen LogP contribution >= 0.6 is 0 Å². The molecular formula is C16H16N4O. The maximum absolute atomic E-state index is 5.17. The molecule has 0 fully saturated rings. The number of hydrogen-bond acceptors (Lipinski definition) is 4. The molecule has 0 aliphatic rings. The van der Waals surface area contributed by atoms with Crippen LogP contribution < -0.4 is 4.74 Å². The van der Waals surface area contributed by atoms with E-state index in [0.717, 1.165) is 34.2 Å². The number of nitrogens with zero attached hydrogens (tertiary/aromatic N) is 4. The highest BCUT2D eigenvalue weighted by molar-refractivity contribution is 5.61. The fourth-order valence-electron chi connectivity index (χ4n) is 2.18. The van der Waals surface area contributed by atoms with E-state index in [1.54, 1.807) is 13.3 Å². The van der Waals surface area contributed by atoms with Gasteiger partial charge in [0.15, 0.2) is 0 Å². The minimum atomic E-state index is 0.754. The summed E-state index contributed by atoms with van der Waals surface area (Å²) in [4.78, 5) is 8.58. The van der Waals surface area contributed by atoms with Gasteiger partial charge in [0.05, 0.1) is 24.2 Å². The minimum absolute atomic E-state index is 0.754. The second-order valence-corrected chi connectivity index (χ2v) is 4.76. The largest absolute Gasteiger partial charge is 0.497 e. The van der Waals surface area contributed by atoms with Crippen molar-refractivity contribution in [1.82, 2.24) is 19.7 Å². The van der Waals surface area contributed by atoms with Crippen LogP contribution in [0.15, 0.2) is 42.7 Å². The van der Waals surface area contributed by atoms with E-state index in [1.165, 1.54) is 0 Å². The molecule has 0 saturated carbocycles. The van der Waals surface area contributed by atoms with Crippen molar-refractivity contribution in [1.29, 1.82) is 0 Å². The van der Waals surface area contributed by atoms with E-state index in [9.17, 15) is 0 Å². The summed E-state index contributed by atoms with van der Waals surface area (Å²) < 4.78 is 7.02. The van der Waals surface area contributed by atoms with Gasteiger partial charge in [0.1, 0.15) is 11.6 Å². The highest BCUT2D eigenvalue weighted by atomic mass is 16.5. The molecule has 2 aromatic heterocycles. The summed E-state index contributed by atoms with van der Waals surface area (Å²) in [6.45, 7) is 3.86. The molecule has 106 valence electrons. The first-order valence-electron chi connectivity index (χ1n) is 6.68. The number of rotatable bonds is 3. The summed E-state index contributed by atoms with van der Waals surface area (Å²) in [7, 11) is 1.66. The van der Waals surface area contributed by atoms with Gasteiger partial charge in [-0.3, -0.25) is 0 Å². The summed E-state index contributed by atoms with van der Waals surface area (Å²) >= 11 is 0. The molecule has 0 bridgehead atoms. The van der Waals surface area contributed by atoms with Crippen molar-refractivity contribution in [3.8, 4) is 22.7 Å².